The number of fused-ring (bicyclic) bond motifs is 12. The van der Waals surface area contributed by atoms with Crippen molar-refractivity contribution in [1.82, 2.24) is 4.98 Å². The Morgan fingerprint density at radius 3 is 1.68 bits per heavy atom. The van der Waals surface area contributed by atoms with Crippen molar-refractivity contribution in [3.05, 3.63) is 197 Å². The lowest BCUT2D eigenvalue weighted by Gasteiger charge is -2.30. The molecule has 2 heteroatoms. The summed E-state index contributed by atoms with van der Waals surface area (Å²) in [5.41, 5.74) is 19.1. The maximum absolute atomic E-state index is 5.48. The Kier molecular flexibility index (Phi) is 7.16. The third kappa shape index (κ3) is 4.63. The summed E-state index contributed by atoms with van der Waals surface area (Å²) in [4.78, 5) is 5.48. The molecule has 0 aliphatic heterocycles. The van der Waals surface area contributed by atoms with E-state index < -0.39 is 0 Å². The van der Waals surface area contributed by atoms with E-state index in [1.54, 1.807) is 0 Å². The van der Waals surface area contributed by atoms with Crippen LogP contribution in [0, 0.1) is 0 Å². The van der Waals surface area contributed by atoms with Crippen LogP contribution < -0.4 is 0 Å². The second kappa shape index (κ2) is 12.5. The van der Waals surface area contributed by atoms with Gasteiger partial charge in [0.2, 0.25) is 0 Å². The fourth-order valence-electron chi connectivity index (χ4n) is 10.5. The zero-order chi connectivity index (χ0) is 36.8. The van der Waals surface area contributed by atoms with E-state index in [4.69, 9.17) is 4.98 Å². The molecule has 0 amide bonds. The highest BCUT2D eigenvalue weighted by atomic mass is 32.1. The van der Waals surface area contributed by atoms with E-state index in [2.05, 4.69) is 170 Å². The lowest BCUT2D eigenvalue weighted by molar-refractivity contribution is 0.443. The van der Waals surface area contributed by atoms with Crippen LogP contribution in [0.2, 0.25) is 0 Å². The van der Waals surface area contributed by atoms with Crippen LogP contribution >= 0.6 is 11.3 Å². The van der Waals surface area contributed by atoms with Gasteiger partial charge in [0.25, 0.3) is 0 Å². The number of hydrogen-bond donors (Lipinski definition) is 0. The molecule has 12 rings (SSSR count). The van der Waals surface area contributed by atoms with Gasteiger partial charge in [-0.3, -0.25) is 0 Å². The molecule has 9 aromatic rings. The maximum Gasteiger partial charge on any atom is 0.0969 e. The van der Waals surface area contributed by atoms with Crippen LogP contribution in [0.25, 0.3) is 76.6 Å². The first-order valence-electron chi connectivity index (χ1n) is 20.2. The molecule has 1 heterocycles. The molecule has 1 fully saturated rings. The summed E-state index contributed by atoms with van der Waals surface area (Å²) >= 11 is 1.93. The summed E-state index contributed by atoms with van der Waals surface area (Å²) in [6.45, 7) is 0. The summed E-state index contributed by atoms with van der Waals surface area (Å²) in [5, 5.41) is 3.87. The minimum atomic E-state index is -0.363. The van der Waals surface area contributed by atoms with Crippen molar-refractivity contribution in [3.8, 4) is 55.6 Å². The number of rotatable bonds is 4. The number of nitrogens with zero attached hydrogens (tertiary/aromatic N) is 1. The molecule has 266 valence electrons. The van der Waals surface area contributed by atoms with E-state index in [0.29, 0.717) is 5.92 Å². The topological polar surface area (TPSA) is 12.9 Å². The van der Waals surface area contributed by atoms with Crippen LogP contribution in [0.3, 0.4) is 0 Å². The molecule has 0 radical (unpaired) electrons. The van der Waals surface area contributed by atoms with Gasteiger partial charge < -0.3 is 0 Å². The lowest BCUT2D eigenvalue weighted by Crippen LogP contribution is -2.25. The normalized spacial score (nSPS) is 15.2. The maximum atomic E-state index is 5.48. The van der Waals surface area contributed by atoms with Gasteiger partial charge in [0, 0.05) is 11.5 Å². The van der Waals surface area contributed by atoms with E-state index in [1.165, 1.54) is 130 Å². The van der Waals surface area contributed by atoms with Gasteiger partial charge >= 0.3 is 0 Å². The molecule has 1 spiro atoms. The number of benzene rings is 8. The highest BCUT2D eigenvalue weighted by molar-refractivity contribution is 7.18. The van der Waals surface area contributed by atoms with Crippen molar-refractivity contribution in [1.29, 1.82) is 0 Å². The molecule has 0 unspecified atom stereocenters. The third-order valence-corrected chi connectivity index (χ3v) is 14.3. The zero-order valence-electron chi connectivity index (χ0n) is 31.1. The van der Waals surface area contributed by atoms with Gasteiger partial charge in [-0.05, 0) is 114 Å². The average molecular weight is 734 g/mol. The average Bonchev–Trinajstić information content (AvgIpc) is 3.93. The summed E-state index contributed by atoms with van der Waals surface area (Å²) in [6, 6.07) is 63.9. The molecule has 0 bridgehead atoms. The molecule has 1 saturated carbocycles. The Morgan fingerprint density at radius 2 is 0.982 bits per heavy atom. The monoisotopic (exact) mass is 733 g/mol. The van der Waals surface area contributed by atoms with Crippen molar-refractivity contribution < 1.29 is 0 Å². The molecule has 1 aromatic heterocycles. The Balaban J connectivity index is 1.05. The summed E-state index contributed by atoms with van der Waals surface area (Å²) in [7, 11) is 0. The first-order chi connectivity index (χ1) is 27.8. The summed E-state index contributed by atoms with van der Waals surface area (Å²) < 4.78 is 1.28. The Hall–Kier alpha value is -6.09. The van der Waals surface area contributed by atoms with E-state index in [0.717, 1.165) is 5.52 Å². The van der Waals surface area contributed by atoms with Crippen molar-refractivity contribution in [2.75, 3.05) is 0 Å². The van der Waals surface area contributed by atoms with Crippen molar-refractivity contribution in [3.63, 3.8) is 0 Å². The van der Waals surface area contributed by atoms with Gasteiger partial charge in [0.05, 0.1) is 20.6 Å². The second-order valence-corrected chi connectivity index (χ2v) is 17.1. The molecule has 8 aromatic carbocycles. The van der Waals surface area contributed by atoms with Crippen LogP contribution in [-0.2, 0) is 5.41 Å². The molecule has 0 saturated heterocycles. The molecule has 0 N–H and O–H groups in total. The van der Waals surface area contributed by atoms with Crippen LogP contribution in [0.1, 0.15) is 65.3 Å². The number of thiazole rings is 1. The van der Waals surface area contributed by atoms with Crippen LogP contribution in [-0.4, -0.2) is 4.98 Å². The number of aromatic nitrogens is 1. The fourth-order valence-corrected chi connectivity index (χ4v) is 11.7. The van der Waals surface area contributed by atoms with Gasteiger partial charge in [-0.15, -0.1) is 11.3 Å². The van der Waals surface area contributed by atoms with Gasteiger partial charge in [-0.1, -0.05) is 171 Å². The molecule has 0 atom stereocenters. The quantitative estimate of drug-likeness (QED) is 0.175. The van der Waals surface area contributed by atoms with Crippen LogP contribution in [0.5, 0.6) is 0 Å². The summed E-state index contributed by atoms with van der Waals surface area (Å²) in [5.74, 6) is 0.562. The molecule has 56 heavy (non-hydrogen) atoms. The van der Waals surface area contributed by atoms with Crippen molar-refractivity contribution in [2.45, 2.75) is 43.4 Å². The zero-order valence-corrected chi connectivity index (χ0v) is 32.0. The lowest BCUT2D eigenvalue weighted by atomic mass is 9.70. The van der Waals surface area contributed by atoms with E-state index in [1.807, 2.05) is 11.3 Å². The molecular formula is C54H39NS. The smallest absolute Gasteiger partial charge is 0.0969 e. The van der Waals surface area contributed by atoms with Crippen molar-refractivity contribution in [2.24, 2.45) is 0 Å². The predicted molar refractivity (Wildman–Crippen MR) is 236 cm³/mol. The SMILES string of the molecule is c1ccc2c(c1)-c1ccccc1C21c2ccccc2-c2ccc(-c3cc(-c4ccc(-c5cccc6ccccc56)cc4)c4nc(C5CCCCC5)sc4c3)cc21. The Labute approximate surface area is 332 Å². The Bertz CT molecular complexity index is 2940. The third-order valence-electron chi connectivity index (χ3n) is 13.1. The van der Waals surface area contributed by atoms with E-state index in [-0.39, 0.29) is 5.41 Å². The van der Waals surface area contributed by atoms with Crippen LogP contribution in [0.15, 0.2) is 170 Å². The number of hydrogen-bond acceptors (Lipinski definition) is 2. The predicted octanol–water partition coefficient (Wildman–Crippen LogP) is 14.8. The summed E-state index contributed by atoms with van der Waals surface area (Å²) in [6.07, 6.45) is 6.45. The minimum absolute atomic E-state index is 0.363. The molecule has 3 aliphatic rings. The van der Waals surface area contributed by atoms with Gasteiger partial charge in [-0.25, -0.2) is 4.98 Å². The largest absolute Gasteiger partial charge is 0.240 e. The molecule has 3 aliphatic carbocycles. The first kappa shape index (κ1) is 32.2. The second-order valence-electron chi connectivity index (χ2n) is 16.0. The highest BCUT2D eigenvalue weighted by Crippen LogP contribution is 2.63. The Morgan fingerprint density at radius 1 is 0.429 bits per heavy atom. The molecular weight excluding hydrogens is 695 g/mol. The van der Waals surface area contributed by atoms with Gasteiger partial charge in [-0.2, -0.15) is 0 Å². The van der Waals surface area contributed by atoms with Crippen LogP contribution in [0.4, 0.5) is 0 Å². The first-order valence-corrected chi connectivity index (χ1v) is 21.0. The van der Waals surface area contributed by atoms with E-state index >= 15 is 0 Å². The van der Waals surface area contributed by atoms with Gasteiger partial charge in [0.1, 0.15) is 0 Å². The highest BCUT2D eigenvalue weighted by Gasteiger charge is 2.51. The van der Waals surface area contributed by atoms with Crippen molar-refractivity contribution >= 4 is 32.3 Å². The minimum Gasteiger partial charge on any atom is -0.240 e. The van der Waals surface area contributed by atoms with Gasteiger partial charge in [0.15, 0.2) is 0 Å². The molecule has 1 nitrogen and oxygen atoms in total. The van der Waals surface area contributed by atoms with E-state index in [9.17, 15) is 0 Å². The standard InChI is InChI=1S/C54H39NS/c1-2-14-37(15-3-1)53-55-52-46(36-27-25-35(26-28-36)41-21-12-16-34-13-4-5-17-40(34)41)31-39(33-51(52)56-53)38-29-30-45-44-20-8-11-24-49(44)54(50(45)32-38)47-22-9-6-18-42(47)43-19-7-10-23-48(43)54/h4-13,16-33,37H,1-3,14-15H2. The fraction of sp³-hybridized carbons (Fsp3) is 0.130.